The van der Waals surface area contributed by atoms with E-state index in [-0.39, 0.29) is 5.79 Å². The fraction of sp³-hybridized carbons (Fsp3) is 0.667. The highest BCUT2D eigenvalue weighted by Crippen LogP contribution is 2.46. The maximum atomic E-state index is 6.23. The summed E-state index contributed by atoms with van der Waals surface area (Å²) in [5, 5.41) is 3.50. The van der Waals surface area contributed by atoms with Gasteiger partial charge in [0.2, 0.25) is 0 Å². The highest BCUT2D eigenvalue weighted by atomic mass is 16.7. The van der Waals surface area contributed by atoms with Gasteiger partial charge in [0.25, 0.3) is 5.79 Å². The summed E-state index contributed by atoms with van der Waals surface area (Å²) in [5.41, 5.74) is 1.39. The van der Waals surface area contributed by atoms with Crippen molar-refractivity contribution in [1.82, 2.24) is 5.32 Å². The lowest BCUT2D eigenvalue weighted by Crippen LogP contribution is -2.40. The van der Waals surface area contributed by atoms with Gasteiger partial charge >= 0.3 is 0 Å². The second kappa shape index (κ2) is 5.53. The van der Waals surface area contributed by atoms with Crippen LogP contribution in [-0.2, 0) is 6.42 Å². The van der Waals surface area contributed by atoms with Crippen LogP contribution in [0.5, 0.6) is 11.5 Å². The van der Waals surface area contributed by atoms with Gasteiger partial charge in [-0.25, -0.2) is 0 Å². The number of ether oxygens (including phenoxy) is 2. The zero-order valence-electron chi connectivity index (χ0n) is 12.7. The minimum Gasteiger partial charge on any atom is -0.448 e. The van der Waals surface area contributed by atoms with Crippen molar-refractivity contribution in [1.29, 1.82) is 0 Å². The van der Waals surface area contributed by atoms with Crippen LogP contribution in [0.1, 0.15) is 50.5 Å². The Labute approximate surface area is 127 Å². The van der Waals surface area contributed by atoms with Crippen LogP contribution < -0.4 is 14.8 Å². The topological polar surface area (TPSA) is 30.5 Å². The van der Waals surface area contributed by atoms with Crippen LogP contribution >= 0.6 is 0 Å². The number of hydrogen-bond acceptors (Lipinski definition) is 3. The molecule has 1 aliphatic carbocycles. The summed E-state index contributed by atoms with van der Waals surface area (Å²) in [4.78, 5) is 0. The average Bonchev–Trinajstić information content (AvgIpc) is 2.85. The number of rotatable bonds is 2. The first-order valence-electron chi connectivity index (χ1n) is 8.55. The Bertz CT molecular complexity index is 502. The molecule has 3 aliphatic rings. The Morgan fingerprint density at radius 1 is 1.05 bits per heavy atom. The summed E-state index contributed by atoms with van der Waals surface area (Å²) in [5.74, 6) is 2.34. The van der Waals surface area contributed by atoms with E-state index in [1.807, 2.05) is 0 Å². The predicted octanol–water partition coefficient (Wildman–Crippen LogP) is 3.66. The van der Waals surface area contributed by atoms with Gasteiger partial charge in [0.05, 0.1) is 0 Å². The van der Waals surface area contributed by atoms with E-state index in [2.05, 4.69) is 23.5 Å². The van der Waals surface area contributed by atoms with Crippen LogP contribution in [0, 0.1) is 5.92 Å². The van der Waals surface area contributed by atoms with Gasteiger partial charge in [0, 0.05) is 12.8 Å². The first kappa shape index (κ1) is 13.4. The van der Waals surface area contributed by atoms with Gasteiger partial charge in [-0.05, 0) is 68.8 Å². The molecule has 1 unspecified atom stereocenters. The van der Waals surface area contributed by atoms with E-state index in [4.69, 9.17) is 9.47 Å². The Kier molecular flexibility index (Phi) is 3.54. The Balaban J connectivity index is 1.47. The molecule has 0 bridgehead atoms. The Morgan fingerprint density at radius 3 is 2.71 bits per heavy atom. The van der Waals surface area contributed by atoms with E-state index in [1.165, 1.54) is 44.2 Å². The van der Waals surface area contributed by atoms with Gasteiger partial charge in [0.1, 0.15) is 0 Å². The molecular formula is C18H25NO2. The normalized spacial score (nSPS) is 27.0. The molecule has 2 aliphatic heterocycles. The maximum Gasteiger partial charge on any atom is 0.251 e. The molecule has 0 aromatic heterocycles. The highest BCUT2D eigenvalue weighted by Gasteiger charge is 2.42. The molecule has 3 heteroatoms. The van der Waals surface area contributed by atoms with E-state index in [0.29, 0.717) is 0 Å². The van der Waals surface area contributed by atoms with Crippen molar-refractivity contribution >= 4 is 0 Å². The Hall–Kier alpha value is -1.22. The van der Waals surface area contributed by atoms with Crippen LogP contribution in [0.25, 0.3) is 0 Å². The number of piperidine rings is 1. The van der Waals surface area contributed by atoms with Crippen LogP contribution in [0.2, 0.25) is 0 Å². The first-order chi connectivity index (χ1) is 10.3. The van der Waals surface area contributed by atoms with Gasteiger partial charge in [0.15, 0.2) is 11.5 Å². The van der Waals surface area contributed by atoms with E-state index >= 15 is 0 Å². The lowest BCUT2D eigenvalue weighted by atomic mass is 9.92. The number of benzene rings is 1. The third-order valence-corrected chi connectivity index (χ3v) is 5.14. The molecule has 1 aromatic carbocycles. The predicted molar refractivity (Wildman–Crippen MR) is 82.8 cm³/mol. The van der Waals surface area contributed by atoms with Gasteiger partial charge in [-0.3, -0.25) is 0 Å². The molecule has 1 saturated heterocycles. The zero-order chi connectivity index (χ0) is 14.1. The first-order valence-corrected chi connectivity index (χ1v) is 8.55. The summed E-state index contributed by atoms with van der Waals surface area (Å²) in [6.45, 7) is 2.33. The van der Waals surface area contributed by atoms with Crippen LogP contribution in [0.3, 0.4) is 0 Å². The molecule has 2 heterocycles. The number of nitrogens with one attached hydrogen (secondary N) is 1. The van der Waals surface area contributed by atoms with Crippen molar-refractivity contribution in [2.45, 2.75) is 57.2 Å². The molecule has 3 nitrogen and oxygen atoms in total. The fourth-order valence-electron chi connectivity index (χ4n) is 3.99. The third-order valence-electron chi connectivity index (χ3n) is 5.14. The third kappa shape index (κ3) is 2.76. The minimum atomic E-state index is -0.342. The molecule has 4 rings (SSSR count). The molecule has 114 valence electrons. The molecule has 0 radical (unpaired) electrons. The zero-order valence-corrected chi connectivity index (χ0v) is 12.7. The number of fused-ring (bicyclic) bond motifs is 1. The van der Waals surface area contributed by atoms with Crippen molar-refractivity contribution in [2.75, 3.05) is 13.1 Å². The van der Waals surface area contributed by atoms with Crippen molar-refractivity contribution in [3.63, 3.8) is 0 Å². The number of hydrogen-bond donors (Lipinski definition) is 1. The highest BCUT2D eigenvalue weighted by molar-refractivity contribution is 5.46. The summed E-state index contributed by atoms with van der Waals surface area (Å²) in [6.07, 6.45) is 9.60. The van der Waals surface area contributed by atoms with Gasteiger partial charge < -0.3 is 14.8 Å². The summed E-state index contributed by atoms with van der Waals surface area (Å²) in [6, 6.07) is 6.55. The summed E-state index contributed by atoms with van der Waals surface area (Å²) < 4.78 is 12.4. The Morgan fingerprint density at radius 2 is 1.90 bits per heavy atom. The van der Waals surface area contributed by atoms with E-state index < -0.39 is 0 Å². The molecule has 2 fully saturated rings. The van der Waals surface area contributed by atoms with Crippen LogP contribution in [0.15, 0.2) is 18.2 Å². The van der Waals surface area contributed by atoms with E-state index in [1.54, 1.807) is 0 Å². The lowest BCUT2D eigenvalue weighted by molar-refractivity contribution is -0.105. The van der Waals surface area contributed by atoms with Gasteiger partial charge in [-0.1, -0.05) is 12.5 Å². The monoisotopic (exact) mass is 287 g/mol. The van der Waals surface area contributed by atoms with Crippen LogP contribution in [-0.4, -0.2) is 18.9 Å². The van der Waals surface area contributed by atoms with E-state index in [0.717, 1.165) is 43.2 Å². The largest absolute Gasteiger partial charge is 0.448 e. The van der Waals surface area contributed by atoms with Crippen molar-refractivity contribution in [3.8, 4) is 11.5 Å². The maximum absolute atomic E-state index is 6.23. The van der Waals surface area contributed by atoms with Gasteiger partial charge in [-0.2, -0.15) is 0 Å². The average molecular weight is 287 g/mol. The SMILES string of the molecule is c1cc2c(cc1CC1CCCNC1)OC1(CCCCC1)O2. The second-order valence-electron chi connectivity index (χ2n) is 6.87. The van der Waals surface area contributed by atoms with E-state index in [9.17, 15) is 0 Å². The van der Waals surface area contributed by atoms with Crippen LogP contribution in [0.4, 0.5) is 0 Å². The second-order valence-corrected chi connectivity index (χ2v) is 6.87. The molecule has 0 amide bonds. The molecule has 1 aromatic rings. The summed E-state index contributed by atoms with van der Waals surface area (Å²) in [7, 11) is 0. The van der Waals surface area contributed by atoms with Crippen molar-refractivity contribution in [3.05, 3.63) is 23.8 Å². The van der Waals surface area contributed by atoms with Crippen molar-refractivity contribution < 1.29 is 9.47 Å². The fourth-order valence-corrected chi connectivity index (χ4v) is 3.99. The smallest absolute Gasteiger partial charge is 0.251 e. The minimum absolute atomic E-state index is 0.342. The summed E-state index contributed by atoms with van der Waals surface area (Å²) >= 11 is 0. The molecule has 1 spiro atoms. The molecule has 21 heavy (non-hydrogen) atoms. The molecule has 1 saturated carbocycles. The standard InChI is InChI=1S/C18H25NO2/c1-2-8-18(9-3-1)20-16-7-6-14(12-17(16)21-18)11-15-5-4-10-19-13-15/h6-7,12,15,19H,1-5,8-11,13H2. The lowest BCUT2D eigenvalue weighted by Gasteiger charge is -2.31. The van der Waals surface area contributed by atoms with Gasteiger partial charge in [-0.15, -0.1) is 0 Å². The quantitative estimate of drug-likeness (QED) is 0.900. The molecule has 1 N–H and O–H groups in total. The molecular weight excluding hydrogens is 262 g/mol. The molecule has 1 atom stereocenters. The van der Waals surface area contributed by atoms with Crippen molar-refractivity contribution in [2.24, 2.45) is 5.92 Å².